The number of hydrogen-bond donors (Lipinski definition) is 1. The van der Waals surface area contributed by atoms with Crippen LogP contribution in [0, 0.1) is 0 Å². The van der Waals surface area contributed by atoms with E-state index in [-0.39, 0.29) is 5.54 Å². The van der Waals surface area contributed by atoms with Crippen molar-refractivity contribution in [3.05, 3.63) is 40.2 Å². The highest BCUT2D eigenvalue weighted by Crippen LogP contribution is 2.37. The molecule has 0 atom stereocenters. The van der Waals surface area contributed by atoms with Crippen LogP contribution in [-0.4, -0.2) is 4.98 Å². The molecule has 1 fully saturated rings. The van der Waals surface area contributed by atoms with Crippen LogP contribution in [0.2, 0.25) is 0 Å². The number of thiazole rings is 1. The largest absolute Gasteiger partial charge is 0.319 e. The zero-order chi connectivity index (χ0) is 14.7. The van der Waals surface area contributed by atoms with Crippen LogP contribution in [0.1, 0.15) is 56.0 Å². The SMILES string of the molecule is CCCc1ccc(-c2csc(C3(N)CCCCC3)n2)cc1. The third-order valence-electron chi connectivity index (χ3n) is 4.46. The highest BCUT2D eigenvalue weighted by atomic mass is 32.1. The summed E-state index contributed by atoms with van der Waals surface area (Å²) in [6.07, 6.45) is 8.28. The van der Waals surface area contributed by atoms with Crippen molar-refractivity contribution in [2.75, 3.05) is 0 Å². The molecule has 0 bridgehead atoms. The van der Waals surface area contributed by atoms with Crippen LogP contribution >= 0.6 is 11.3 Å². The predicted octanol–water partition coefficient (Wildman–Crippen LogP) is 4.88. The van der Waals surface area contributed by atoms with Crippen molar-refractivity contribution in [3.8, 4) is 11.3 Å². The minimum absolute atomic E-state index is 0.177. The molecule has 1 aromatic carbocycles. The van der Waals surface area contributed by atoms with Gasteiger partial charge in [0.05, 0.1) is 11.2 Å². The molecule has 0 amide bonds. The molecule has 1 aliphatic carbocycles. The Kier molecular flexibility index (Phi) is 4.41. The van der Waals surface area contributed by atoms with Crippen LogP contribution in [-0.2, 0) is 12.0 Å². The summed E-state index contributed by atoms with van der Waals surface area (Å²) in [5.74, 6) is 0. The zero-order valence-electron chi connectivity index (χ0n) is 12.8. The Hall–Kier alpha value is -1.19. The van der Waals surface area contributed by atoms with Crippen molar-refractivity contribution in [3.63, 3.8) is 0 Å². The summed E-state index contributed by atoms with van der Waals surface area (Å²) in [7, 11) is 0. The Morgan fingerprint density at radius 1 is 1.14 bits per heavy atom. The van der Waals surface area contributed by atoms with Crippen molar-refractivity contribution in [1.29, 1.82) is 0 Å². The molecule has 2 nitrogen and oxygen atoms in total. The standard InChI is InChI=1S/C18H24N2S/c1-2-6-14-7-9-15(10-8-14)16-13-21-17(20-16)18(19)11-4-3-5-12-18/h7-10,13H,2-6,11-12,19H2,1H3. The van der Waals surface area contributed by atoms with Crippen molar-refractivity contribution < 1.29 is 0 Å². The summed E-state index contributed by atoms with van der Waals surface area (Å²) in [5.41, 5.74) is 10.1. The summed E-state index contributed by atoms with van der Waals surface area (Å²) in [6.45, 7) is 2.21. The summed E-state index contributed by atoms with van der Waals surface area (Å²) in [5, 5.41) is 3.28. The number of aryl methyl sites for hydroxylation is 1. The molecule has 21 heavy (non-hydrogen) atoms. The Morgan fingerprint density at radius 2 is 1.86 bits per heavy atom. The summed E-state index contributed by atoms with van der Waals surface area (Å²) >= 11 is 1.73. The normalized spacial score (nSPS) is 17.8. The van der Waals surface area contributed by atoms with E-state index < -0.39 is 0 Å². The second-order valence-corrected chi connectivity index (χ2v) is 7.06. The Bertz CT molecular complexity index is 580. The van der Waals surface area contributed by atoms with Crippen molar-refractivity contribution in [1.82, 2.24) is 4.98 Å². The van der Waals surface area contributed by atoms with Gasteiger partial charge in [0.1, 0.15) is 5.01 Å². The molecular weight excluding hydrogens is 276 g/mol. The molecule has 112 valence electrons. The lowest BCUT2D eigenvalue weighted by Crippen LogP contribution is -2.38. The van der Waals surface area contributed by atoms with Gasteiger partial charge in [-0.3, -0.25) is 0 Å². The average molecular weight is 300 g/mol. The molecule has 0 aliphatic heterocycles. The van der Waals surface area contributed by atoms with Crippen LogP contribution in [0.3, 0.4) is 0 Å². The van der Waals surface area contributed by atoms with Crippen LogP contribution in [0.4, 0.5) is 0 Å². The molecule has 2 N–H and O–H groups in total. The van der Waals surface area contributed by atoms with Gasteiger partial charge in [-0.25, -0.2) is 4.98 Å². The molecule has 0 saturated heterocycles. The first-order chi connectivity index (χ1) is 10.2. The average Bonchev–Trinajstić information content (AvgIpc) is 3.00. The maximum atomic E-state index is 6.58. The van der Waals surface area contributed by atoms with E-state index in [0.29, 0.717) is 0 Å². The summed E-state index contributed by atoms with van der Waals surface area (Å²) in [4.78, 5) is 4.85. The lowest BCUT2D eigenvalue weighted by atomic mass is 9.83. The number of aromatic nitrogens is 1. The van der Waals surface area contributed by atoms with E-state index >= 15 is 0 Å². The van der Waals surface area contributed by atoms with Crippen LogP contribution < -0.4 is 5.73 Å². The van der Waals surface area contributed by atoms with Gasteiger partial charge in [0.15, 0.2) is 0 Å². The summed E-state index contributed by atoms with van der Waals surface area (Å²) in [6, 6.07) is 8.81. The van der Waals surface area contributed by atoms with Gasteiger partial charge >= 0.3 is 0 Å². The molecule has 0 unspecified atom stereocenters. The fraction of sp³-hybridized carbons (Fsp3) is 0.500. The molecule has 1 saturated carbocycles. The van der Waals surface area contributed by atoms with Gasteiger partial charge in [-0.1, -0.05) is 56.9 Å². The molecule has 1 aliphatic rings. The van der Waals surface area contributed by atoms with E-state index in [1.54, 1.807) is 11.3 Å². The molecule has 3 rings (SSSR count). The van der Waals surface area contributed by atoms with Gasteiger partial charge in [-0.15, -0.1) is 11.3 Å². The zero-order valence-corrected chi connectivity index (χ0v) is 13.6. The lowest BCUT2D eigenvalue weighted by molar-refractivity contribution is 0.301. The van der Waals surface area contributed by atoms with Gasteiger partial charge in [0.2, 0.25) is 0 Å². The second kappa shape index (κ2) is 6.29. The molecule has 0 radical (unpaired) electrons. The smallest absolute Gasteiger partial charge is 0.113 e. The minimum Gasteiger partial charge on any atom is -0.319 e. The minimum atomic E-state index is -0.177. The fourth-order valence-electron chi connectivity index (χ4n) is 3.16. The Labute approximate surface area is 131 Å². The Morgan fingerprint density at radius 3 is 2.52 bits per heavy atom. The molecule has 1 aromatic heterocycles. The van der Waals surface area contributed by atoms with E-state index in [0.717, 1.165) is 30.0 Å². The van der Waals surface area contributed by atoms with Gasteiger partial charge in [0.25, 0.3) is 0 Å². The van der Waals surface area contributed by atoms with E-state index in [9.17, 15) is 0 Å². The van der Waals surface area contributed by atoms with Crippen LogP contribution in [0.5, 0.6) is 0 Å². The van der Waals surface area contributed by atoms with Crippen molar-refractivity contribution >= 4 is 11.3 Å². The number of nitrogens with zero attached hydrogens (tertiary/aromatic N) is 1. The topological polar surface area (TPSA) is 38.9 Å². The first-order valence-corrected chi connectivity index (χ1v) is 8.93. The molecule has 2 aromatic rings. The fourth-order valence-corrected chi connectivity index (χ4v) is 4.16. The van der Waals surface area contributed by atoms with E-state index in [4.69, 9.17) is 10.7 Å². The van der Waals surface area contributed by atoms with Crippen molar-refractivity contribution in [2.24, 2.45) is 5.73 Å². The van der Waals surface area contributed by atoms with Gasteiger partial charge in [-0.05, 0) is 24.8 Å². The van der Waals surface area contributed by atoms with E-state index in [1.165, 1.54) is 36.8 Å². The third kappa shape index (κ3) is 3.19. The maximum absolute atomic E-state index is 6.58. The van der Waals surface area contributed by atoms with Gasteiger partial charge < -0.3 is 5.73 Å². The summed E-state index contributed by atoms with van der Waals surface area (Å²) < 4.78 is 0. The number of hydrogen-bond acceptors (Lipinski definition) is 3. The maximum Gasteiger partial charge on any atom is 0.113 e. The lowest BCUT2D eigenvalue weighted by Gasteiger charge is -2.31. The third-order valence-corrected chi connectivity index (χ3v) is 5.53. The molecule has 0 spiro atoms. The molecule has 3 heteroatoms. The van der Waals surface area contributed by atoms with Crippen molar-refractivity contribution in [2.45, 2.75) is 57.4 Å². The van der Waals surface area contributed by atoms with Gasteiger partial charge in [0, 0.05) is 10.9 Å². The second-order valence-electron chi connectivity index (χ2n) is 6.20. The van der Waals surface area contributed by atoms with Crippen LogP contribution in [0.25, 0.3) is 11.3 Å². The monoisotopic (exact) mass is 300 g/mol. The van der Waals surface area contributed by atoms with Gasteiger partial charge in [-0.2, -0.15) is 0 Å². The van der Waals surface area contributed by atoms with Crippen LogP contribution in [0.15, 0.2) is 29.6 Å². The molecular formula is C18H24N2S. The first kappa shape index (κ1) is 14.7. The number of rotatable bonds is 4. The van der Waals surface area contributed by atoms with E-state index in [1.807, 2.05) is 0 Å². The number of benzene rings is 1. The van der Waals surface area contributed by atoms with E-state index in [2.05, 4.69) is 36.6 Å². The first-order valence-electron chi connectivity index (χ1n) is 8.05. The molecule has 1 heterocycles. The Balaban J connectivity index is 1.80. The number of nitrogens with two attached hydrogens (primary N) is 1. The quantitative estimate of drug-likeness (QED) is 0.874. The highest BCUT2D eigenvalue weighted by Gasteiger charge is 2.32. The predicted molar refractivity (Wildman–Crippen MR) is 90.5 cm³/mol. The highest BCUT2D eigenvalue weighted by molar-refractivity contribution is 7.10.